The molecule has 0 aliphatic carbocycles. The van der Waals surface area contributed by atoms with E-state index < -0.39 is 24.5 Å². The van der Waals surface area contributed by atoms with E-state index in [-0.39, 0.29) is 6.61 Å². The van der Waals surface area contributed by atoms with E-state index >= 15 is 0 Å². The number of imidazole rings is 2. The Bertz CT molecular complexity index is 799. The Labute approximate surface area is 118 Å². The highest BCUT2D eigenvalue weighted by molar-refractivity contribution is 5.85. The van der Waals surface area contributed by atoms with Gasteiger partial charge in [-0.3, -0.25) is 8.97 Å². The minimum Gasteiger partial charge on any atom is -0.394 e. The van der Waals surface area contributed by atoms with Crippen molar-refractivity contribution in [2.24, 2.45) is 0 Å². The molecule has 1 aliphatic rings. The van der Waals surface area contributed by atoms with Crippen LogP contribution < -0.4 is 0 Å². The van der Waals surface area contributed by atoms with Gasteiger partial charge in [0.25, 0.3) is 0 Å². The topological polar surface area (TPSA) is 118 Å². The first-order valence-electron chi connectivity index (χ1n) is 6.47. The van der Waals surface area contributed by atoms with Crippen LogP contribution in [0, 0.1) is 0 Å². The van der Waals surface area contributed by atoms with Crippen LogP contribution in [-0.4, -0.2) is 64.2 Å². The fraction of sp³-hybridized carbons (Fsp3) is 0.417. The number of nitrogens with zero attached hydrogens (tertiary/aromatic N) is 5. The average Bonchev–Trinajstić information content (AvgIpc) is 3.17. The molecule has 9 heteroatoms. The molecule has 1 fully saturated rings. The molecule has 4 heterocycles. The van der Waals surface area contributed by atoms with Gasteiger partial charge in [0.2, 0.25) is 0 Å². The summed E-state index contributed by atoms with van der Waals surface area (Å²) >= 11 is 0. The fourth-order valence-corrected chi connectivity index (χ4v) is 2.64. The molecule has 0 saturated carbocycles. The van der Waals surface area contributed by atoms with E-state index in [1.165, 1.54) is 10.9 Å². The number of ether oxygens (including phenoxy) is 1. The normalized spacial score (nSPS) is 29.7. The summed E-state index contributed by atoms with van der Waals surface area (Å²) in [6.07, 6.45) is 2.45. The highest BCUT2D eigenvalue weighted by atomic mass is 16.6. The van der Waals surface area contributed by atoms with Crippen molar-refractivity contribution < 1.29 is 20.1 Å². The summed E-state index contributed by atoms with van der Waals surface area (Å²) in [5, 5.41) is 29.1. The molecular formula is C12H13N5O4. The molecule has 9 nitrogen and oxygen atoms in total. The zero-order chi connectivity index (χ0) is 14.6. The zero-order valence-corrected chi connectivity index (χ0v) is 10.8. The van der Waals surface area contributed by atoms with Gasteiger partial charge in [0.15, 0.2) is 23.0 Å². The highest BCUT2D eigenvalue weighted by Crippen LogP contribution is 2.31. The minimum absolute atomic E-state index is 0.376. The third-order valence-corrected chi connectivity index (χ3v) is 3.74. The first-order valence-corrected chi connectivity index (χ1v) is 6.47. The number of rotatable bonds is 2. The monoisotopic (exact) mass is 291 g/mol. The Morgan fingerprint density at radius 3 is 2.71 bits per heavy atom. The Hall–Kier alpha value is -2.07. The summed E-state index contributed by atoms with van der Waals surface area (Å²) in [4.78, 5) is 12.7. The number of aliphatic hydroxyl groups excluding tert-OH is 3. The Kier molecular flexibility index (Phi) is 2.69. The Morgan fingerprint density at radius 2 is 1.95 bits per heavy atom. The summed E-state index contributed by atoms with van der Waals surface area (Å²) in [5.74, 6) is 0. The third kappa shape index (κ3) is 1.69. The maximum Gasteiger partial charge on any atom is 0.167 e. The smallest absolute Gasteiger partial charge is 0.167 e. The van der Waals surface area contributed by atoms with E-state index in [0.29, 0.717) is 16.8 Å². The van der Waals surface area contributed by atoms with Gasteiger partial charge >= 0.3 is 0 Å². The Balaban J connectivity index is 1.84. The largest absolute Gasteiger partial charge is 0.394 e. The van der Waals surface area contributed by atoms with Crippen molar-refractivity contribution in [3.63, 3.8) is 0 Å². The summed E-state index contributed by atoms with van der Waals surface area (Å²) in [6, 6.07) is 0. The molecule has 21 heavy (non-hydrogen) atoms. The quantitative estimate of drug-likeness (QED) is 0.536. The van der Waals surface area contributed by atoms with Gasteiger partial charge in [-0.15, -0.1) is 0 Å². The maximum atomic E-state index is 10.1. The number of hydrogen-bond donors (Lipinski definition) is 3. The molecule has 0 bridgehead atoms. The van der Waals surface area contributed by atoms with E-state index in [1.807, 2.05) is 0 Å². The molecule has 3 N–H and O–H groups in total. The predicted octanol–water partition coefficient (Wildman–Crippen LogP) is -1.31. The molecule has 3 aromatic rings. The lowest BCUT2D eigenvalue weighted by atomic mass is 10.1. The standard InChI is InChI=1S/C12H13N5O4/c18-3-6-8(19)9(20)12(21-6)17-5-14-7-10-13-1-2-16(10)4-15-11(7)17/h1-2,4-6,8-9,12,18-20H,3H2/t6-,8-,9-,12-/m1/s1. The van der Waals surface area contributed by atoms with Gasteiger partial charge in [-0.25, -0.2) is 15.0 Å². The fourth-order valence-electron chi connectivity index (χ4n) is 2.64. The molecule has 3 aromatic heterocycles. The average molecular weight is 291 g/mol. The summed E-state index contributed by atoms with van der Waals surface area (Å²) in [6.45, 7) is -0.376. The minimum atomic E-state index is -1.17. The first kappa shape index (κ1) is 12.7. The van der Waals surface area contributed by atoms with Crippen LogP contribution in [0.1, 0.15) is 6.23 Å². The van der Waals surface area contributed by atoms with Gasteiger partial charge in [-0.1, -0.05) is 0 Å². The van der Waals surface area contributed by atoms with Crippen molar-refractivity contribution >= 4 is 16.8 Å². The maximum absolute atomic E-state index is 10.1. The van der Waals surface area contributed by atoms with Gasteiger partial charge in [0.05, 0.1) is 12.9 Å². The van der Waals surface area contributed by atoms with E-state index in [4.69, 9.17) is 9.84 Å². The second-order valence-corrected chi connectivity index (χ2v) is 4.96. The van der Waals surface area contributed by atoms with Crippen molar-refractivity contribution in [3.05, 3.63) is 25.0 Å². The summed E-state index contributed by atoms with van der Waals surface area (Å²) in [5.41, 5.74) is 1.70. The van der Waals surface area contributed by atoms with Crippen LogP contribution in [-0.2, 0) is 4.74 Å². The van der Waals surface area contributed by atoms with E-state index in [9.17, 15) is 10.2 Å². The van der Waals surface area contributed by atoms with Gasteiger partial charge in [0, 0.05) is 12.4 Å². The number of hydrogen-bond acceptors (Lipinski definition) is 7. The molecule has 0 amide bonds. The molecular weight excluding hydrogens is 278 g/mol. The van der Waals surface area contributed by atoms with Crippen LogP contribution in [0.3, 0.4) is 0 Å². The Morgan fingerprint density at radius 1 is 1.10 bits per heavy atom. The molecule has 110 valence electrons. The van der Waals surface area contributed by atoms with Crippen molar-refractivity contribution in [2.45, 2.75) is 24.5 Å². The van der Waals surface area contributed by atoms with Gasteiger partial charge < -0.3 is 20.1 Å². The van der Waals surface area contributed by atoms with Crippen LogP contribution in [0.25, 0.3) is 16.8 Å². The summed E-state index contributed by atoms with van der Waals surface area (Å²) in [7, 11) is 0. The lowest BCUT2D eigenvalue weighted by molar-refractivity contribution is -0.0511. The van der Waals surface area contributed by atoms with Crippen LogP contribution >= 0.6 is 0 Å². The zero-order valence-electron chi connectivity index (χ0n) is 10.8. The van der Waals surface area contributed by atoms with Crippen LogP contribution in [0.15, 0.2) is 25.0 Å². The molecule has 4 rings (SSSR count). The lowest BCUT2D eigenvalue weighted by Crippen LogP contribution is -2.33. The molecule has 4 atom stereocenters. The highest BCUT2D eigenvalue weighted by Gasteiger charge is 2.43. The second-order valence-electron chi connectivity index (χ2n) is 4.96. The van der Waals surface area contributed by atoms with Crippen LogP contribution in [0.5, 0.6) is 0 Å². The van der Waals surface area contributed by atoms with E-state index in [1.54, 1.807) is 23.1 Å². The van der Waals surface area contributed by atoms with Crippen LogP contribution in [0.4, 0.5) is 0 Å². The van der Waals surface area contributed by atoms with Crippen LogP contribution in [0.2, 0.25) is 0 Å². The molecule has 1 saturated heterocycles. The predicted molar refractivity (Wildman–Crippen MR) is 69.3 cm³/mol. The first-order chi connectivity index (χ1) is 10.2. The number of fused-ring (bicyclic) bond motifs is 3. The third-order valence-electron chi connectivity index (χ3n) is 3.74. The van der Waals surface area contributed by atoms with Gasteiger partial charge in [0.1, 0.15) is 24.6 Å². The number of aromatic nitrogens is 5. The van der Waals surface area contributed by atoms with Gasteiger partial charge in [-0.2, -0.15) is 0 Å². The van der Waals surface area contributed by atoms with Crippen molar-refractivity contribution in [1.29, 1.82) is 0 Å². The van der Waals surface area contributed by atoms with Gasteiger partial charge in [-0.05, 0) is 0 Å². The molecule has 1 aliphatic heterocycles. The van der Waals surface area contributed by atoms with E-state index in [0.717, 1.165) is 0 Å². The van der Waals surface area contributed by atoms with Crippen molar-refractivity contribution in [1.82, 2.24) is 23.9 Å². The molecule has 0 radical (unpaired) electrons. The molecule has 0 aromatic carbocycles. The SMILES string of the molecule is OC[C@H]1O[C@@H](n2cnc3c2ncn2ccnc32)[C@H](O)[C@@H]1O. The second kappa shape index (κ2) is 4.46. The van der Waals surface area contributed by atoms with Crippen molar-refractivity contribution in [3.8, 4) is 0 Å². The molecule has 0 spiro atoms. The van der Waals surface area contributed by atoms with Crippen molar-refractivity contribution in [2.75, 3.05) is 6.61 Å². The lowest BCUT2D eigenvalue weighted by Gasteiger charge is -2.16. The molecule has 0 unspecified atom stereocenters. The van der Waals surface area contributed by atoms with E-state index in [2.05, 4.69) is 15.0 Å². The summed E-state index contributed by atoms with van der Waals surface area (Å²) < 4.78 is 8.76. The number of aliphatic hydroxyl groups is 3.